The largest absolute Gasteiger partial charge is 0.495 e. The molecule has 0 aliphatic carbocycles. The molecule has 0 radical (unpaired) electrons. The fourth-order valence-electron chi connectivity index (χ4n) is 4.63. The molecule has 4 aromatic carbocycles. The van der Waals surface area contributed by atoms with Crippen molar-refractivity contribution in [3.05, 3.63) is 102 Å². The molecule has 0 spiro atoms. The van der Waals surface area contributed by atoms with E-state index in [0.29, 0.717) is 42.2 Å². The van der Waals surface area contributed by atoms with Gasteiger partial charge < -0.3 is 14.5 Å². The Hall–Kier alpha value is -3.84. The Morgan fingerprint density at radius 1 is 0.806 bits per heavy atom. The lowest BCUT2D eigenvalue weighted by atomic mass is 10.1. The number of nitrogens with zero attached hydrogens (tertiary/aromatic N) is 2. The van der Waals surface area contributed by atoms with E-state index in [1.54, 1.807) is 43.5 Å². The highest BCUT2D eigenvalue weighted by molar-refractivity contribution is 7.90. The van der Waals surface area contributed by atoms with Gasteiger partial charge in [0.1, 0.15) is 5.75 Å². The highest BCUT2D eigenvalue weighted by atomic mass is 32.2. The number of para-hydroxylation sites is 2. The maximum Gasteiger partial charge on any atom is 0.253 e. The predicted octanol–water partition coefficient (Wildman–Crippen LogP) is 4.78. The van der Waals surface area contributed by atoms with Gasteiger partial charge in [0.2, 0.25) is 0 Å². The molecule has 0 saturated carbocycles. The van der Waals surface area contributed by atoms with Crippen molar-refractivity contribution in [3.8, 4) is 5.75 Å². The van der Waals surface area contributed by atoms with Gasteiger partial charge in [0, 0.05) is 31.7 Å². The zero-order chi connectivity index (χ0) is 25.1. The van der Waals surface area contributed by atoms with E-state index >= 15 is 0 Å². The molecule has 5 rings (SSSR count). The average Bonchev–Trinajstić information content (AvgIpc) is 2.92. The first kappa shape index (κ1) is 23.9. The second kappa shape index (κ2) is 10.0. The third kappa shape index (κ3) is 4.93. The summed E-state index contributed by atoms with van der Waals surface area (Å²) in [5.41, 5.74) is 2.25. The van der Waals surface area contributed by atoms with Gasteiger partial charge in [0.05, 0.1) is 23.4 Å². The van der Waals surface area contributed by atoms with Crippen LogP contribution < -0.4 is 9.64 Å². The molecule has 0 aromatic heterocycles. The zero-order valence-electron chi connectivity index (χ0n) is 20.1. The van der Waals surface area contributed by atoms with Gasteiger partial charge in [-0.15, -0.1) is 0 Å². The number of anilines is 1. The molecule has 0 bridgehead atoms. The lowest BCUT2D eigenvalue weighted by Crippen LogP contribution is -2.48. The van der Waals surface area contributed by atoms with E-state index in [2.05, 4.69) is 4.90 Å². The molecule has 1 saturated heterocycles. The van der Waals surface area contributed by atoms with Crippen LogP contribution in [0.1, 0.15) is 15.9 Å². The van der Waals surface area contributed by atoms with E-state index in [1.807, 2.05) is 59.5 Å². The molecule has 0 N–H and O–H groups in total. The molecule has 36 heavy (non-hydrogen) atoms. The summed E-state index contributed by atoms with van der Waals surface area (Å²) < 4.78 is 31.5. The second-order valence-electron chi connectivity index (χ2n) is 8.92. The number of benzene rings is 4. The summed E-state index contributed by atoms with van der Waals surface area (Å²) in [6.07, 6.45) is 0. The number of hydrogen-bond donors (Lipinski definition) is 0. The lowest BCUT2D eigenvalue weighted by Gasteiger charge is -2.36. The molecule has 1 fully saturated rings. The number of carbonyl (C=O) groups excluding carboxylic acids is 1. The molecule has 1 aliphatic heterocycles. The van der Waals surface area contributed by atoms with Crippen LogP contribution >= 0.6 is 0 Å². The molecule has 1 heterocycles. The third-order valence-electron chi connectivity index (χ3n) is 6.63. The van der Waals surface area contributed by atoms with Crippen LogP contribution in [0.15, 0.2) is 95.9 Å². The van der Waals surface area contributed by atoms with Crippen molar-refractivity contribution in [1.29, 1.82) is 0 Å². The lowest BCUT2D eigenvalue weighted by molar-refractivity contribution is 0.0746. The van der Waals surface area contributed by atoms with Crippen molar-refractivity contribution in [3.63, 3.8) is 0 Å². The van der Waals surface area contributed by atoms with E-state index < -0.39 is 9.84 Å². The fourth-order valence-corrected chi connectivity index (χ4v) is 6.01. The number of methoxy groups -OCH3 is 1. The van der Waals surface area contributed by atoms with Gasteiger partial charge in [-0.1, -0.05) is 54.6 Å². The molecular weight excluding hydrogens is 472 g/mol. The number of sulfone groups is 1. The number of piperazine rings is 1. The average molecular weight is 501 g/mol. The minimum atomic E-state index is -3.51. The summed E-state index contributed by atoms with van der Waals surface area (Å²) in [7, 11) is -1.85. The minimum Gasteiger partial charge on any atom is -0.495 e. The Kier molecular flexibility index (Phi) is 6.65. The minimum absolute atomic E-state index is 0.0430. The van der Waals surface area contributed by atoms with E-state index in [0.717, 1.165) is 22.2 Å². The van der Waals surface area contributed by atoms with Crippen molar-refractivity contribution >= 4 is 32.2 Å². The monoisotopic (exact) mass is 500 g/mol. The van der Waals surface area contributed by atoms with E-state index in [9.17, 15) is 13.2 Å². The highest BCUT2D eigenvalue weighted by Gasteiger charge is 2.24. The maximum atomic E-state index is 13.1. The summed E-state index contributed by atoms with van der Waals surface area (Å²) in [4.78, 5) is 17.4. The smallest absolute Gasteiger partial charge is 0.253 e. The Labute approximate surface area is 211 Å². The number of rotatable bonds is 6. The summed E-state index contributed by atoms with van der Waals surface area (Å²) >= 11 is 0. The number of ether oxygens (including phenoxy) is 1. The molecule has 7 heteroatoms. The standard InChI is InChI=1S/C29H28N2O4S/c1-35-28-9-5-4-8-27(28)30-16-18-31(19-17-30)29(32)24-12-10-22(11-13-24)21-36(33,34)26-15-14-23-6-2-3-7-25(23)20-26/h2-15,20H,16-19,21H2,1H3. The Morgan fingerprint density at radius 2 is 1.47 bits per heavy atom. The Morgan fingerprint density at radius 3 is 2.19 bits per heavy atom. The Balaban J connectivity index is 1.23. The van der Waals surface area contributed by atoms with Crippen LogP contribution in [0.3, 0.4) is 0 Å². The van der Waals surface area contributed by atoms with Crippen LogP contribution in [0.25, 0.3) is 10.8 Å². The normalized spacial score (nSPS) is 14.1. The summed E-state index contributed by atoms with van der Waals surface area (Å²) in [6.45, 7) is 2.65. The first-order valence-corrected chi connectivity index (χ1v) is 13.6. The number of carbonyl (C=O) groups is 1. The van der Waals surface area contributed by atoms with Crippen LogP contribution in [0, 0.1) is 0 Å². The highest BCUT2D eigenvalue weighted by Crippen LogP contribution is 2.28. The quantitative estimate of drug-likeness (QED) is 0.381. The molecule has 184 valence electrons. The van der Waals surface area contributed by atoms with Crippen molar-refractivity contribution in [1.82, 2.24) is 4.90 Å². The van der Waals surface area contributed by atoms with E-state index in [-0.39, 0.29) is 11.7 Å². The Bertz CT molecular complexity index is 1490. The molecule has 0 atom stereocenters. The van der Waals surface area contributed by atoms with Crippen LogP contribution in [-0.2, 0) is 15.6 Å². The third-order valence-corrected chi connectivity index (χ3v) is 8.32. The van der Waals surface area contributed by atoms with Gasteiger partial charge >= 0.3 is 0 Å². The molecule has 1 aliphatic rings. The number of hydrogen-bond acceptors (Lipinski definition) is 5. The van der Waals surface area contributed by atoms with Crippen molar-refractivity contribution in [2.24, 2.45) is 0 Å². The van der Waals surface area contributed by atoms with Gasteiger partial charge in [0.25, 0.3) is 5.91 Å². The van der Waals surface area contributed by atoms with Crippen molar-refractivity contribution in [2.75, 3.05) is 38.2 Å². The molecular formula is C29H28N2O4S. The molecule has 0 unspecified atom stereocenters. The van der Waals surface area contributed by atoms with Crippen molar-refractivity contribution < 1.29 is 17.9 Å². The maximum absolute atomic E-state index is 13.1. The van der Waals surface area contributed by atoms with Crippen LogP contribution in [0.2, 0.25) is 0 Å². The van der Waals surface area contributed by atoms with Gasteiger partial charge in [0.15, 0.2) is 9.84 Å². The van der Waals surface area contributed by atoms with E-state index in [1.165, 1.54) is 0 Å². The van der Waals surface area contributed by atoms with Gasteiger partial charge in [-0.3, -0.25) is 4.79 Å². The van der Waals surface area contributed by atoms with Gasteiger partial charge in [-0.25, -0.2) is 8.42 Å². The molecule has 4 aromatic rings. The molecule has 1 amide bonds. The van der Waals surface area contributed by atoms with Gasteiger partial charge in [-0.05, 0) is 52.7 Å². The van der Waals surface area contributed by atoms with Crippen LogP contribution in [0.4, 0.5) is 5.69 Å². The summed E-state index contributed by atoms with van der Waals surface area (Å²) in [5, 5.41) is 1.90. The number of amides is 1. The first-order chi connectivity index (χ1) is 17.4. The van der Waals surface area contributed by atoms with Crippen molar-refractivity contribution in [2.45, 2.75) is 10.6 Å². The zero-order valence-corrected chi connectivity index (χ0v) is 20.9. The summed E-state index contributed by atoms with van der Waals surface area (Å²) in [6, 6.07) is 27.7. The molecule has 6 nitrogen and oxygen atoms in total. The fraction of sp³-hybridized carbons (Fsp3) is 0.207. The summed E-state index contributed by atoms with van der Waals surface area (Å²) in [5.74, 6) is 0.669. The topological polar surface area (TPSA) is 66.9 Å². The first-order valence-electron chi connectivity index (χ1n) is 11.9. The predicted molar refractivity (Wildman–Crippen MR) is 142 cm³/mol. The van der Waals surface area contributed by atoms with Crippen LogP contribution in [-0.4, -0.2) is 52.5 Å². The van der Waals surface area contributed by atoms with Crippen LogP contribution in [0.5, 0.6) is 5.75 Å². The SMILES string of the molecule is COc1ccccc1N1CCN(C(=O)c2ccc(CS(=O)(=O)c3ccc4ccccc4c3)cc2)CC1. The van der Waals surface area contributed by atoms with Gasteiger partial charge in [-0.2, -0.15) is 0 Å². The number of fused-ring (bicyclic) bond motifs is 1. The van der Waals surface area contributed by atoms with E-state index in [4.69, 9.17) is 4.74 Å². The second-order valence-corrected chi connectivity index (χ2v) is 10.9.